The molecule has 0 rings (SSSR count). The number of hydrogen-bond acceptors (Lipinski definition) is 2. The van der Waals surface area contributed by atoms with Crippen LogP contribution in [-0.2, 0) is 0 Å². The molecule has 0 amide bonds. The first kappa shape index (κ1) is 3.91. The average molecular weight is 61.9 g/mol. The third-order valence-electron chi connectivity index (χ3n) is 0.0772. The molecule has 24 valence electrons. The molecule has 0 atom stereocenters. The van der Waals surface area contributed by atoms with Gasteiger partial charge in [-0.05, 0) is 0 Å². The van der Waals surface area contributed by atoms with Crippen LogP contribution in [0.25, 0.3) is 0 Å². The fraction of sp³-hybridized carbons (Fsp3) is 0. The molecule has 0 aromatic rings. The minimum absolute atomic E-state index is 0.0972. The molecule has 0 heterocycles. The summed E-state index contributed by atoms with van der Waals surface area (Å²) in [7, 11) is -0.0972. The van der Waals surface area contributed by atoms with E-state index >= 15 is 0 Å². The number of hydrogen-bond donors (Lipinski definition) is 2. The molecular formula is H4BFN2. The van der Waals surface area contributed by atoms with Crippen molar-refractivity contribution in [3.05, 3.63) is 0 Å². The van der Waals surface area contributed by atoms with E-state index in [0.717, 1.165) is 0 Å². The molecule has 0 fully saturated rings. The molecular weight excluding hydrogens is 57.8 g/mol. The van der Waals surface area contributed by atoms with Crippen molar-refractivity contribution in [2.24, 2.45) is 5.64 Å². The quantitative estimate of drug-likeness (QED) is 0.292. The lowest BCUT2D eigenvalue weighted by Crippen LogP contribution is -2.17. The normalized spacial score (nSPS) is 6.50. The third-order valence-corrected chi connectivity index (χ3v) is 0.0772. The maximum atomic E-state index is 10.3. The zero-order valence-electron chi connectivity index (χ0n) is 2.16. The molecule has 0 aliphatic carbocycles. The van der Waals surface area contributed by atoms with Crippen LogP contribution >= 0.6 is 0 Å². The first-order valence-electron chi connectivity index (χ1n) is 0.951. The van der Waals surface area contributed by atoms with Gasteiger partial charge in [-0.15, -0.1) is 4.48 Å². The Labute approximate surface area is 24.4 Å². The topological polar surface area (TPSA) is 38.0 Å². The summed E-state index contributed by atoms with van der Waals surface area (Å²) in [5.74, 6) is 0. The van der Waals surface area contributed by atoms with Gasteiger partial charge in [0.2, 0.25) is 0 Å². The molecule has 0 aliphatic heterocycles. The molecule has 0 spiro atoms. The first-order valence-corrected chi connectivity index (χ1v) is 0.951. The number of rotatable bonds is 1. The van der Waals surface area contributed by atoms with E-state index in [-0.39, 0.29) is 7.55 Å². The molecule has 0 aromatic carbocycles. The summed E-state index contributed by atoms with van der Waals surface area (Å²) in [6.45, 7) is 0. The Hall–Kier alpha value is -0.0851. The van der Waals surface area contributed by atoms with Gasteiger partial charge in [-0.1, -0.05) is 0 Å². The molecule has 3 N–H and O–H groups in total. The molecule has 0 bridgehead atoms. The minimum atomic E-state index is -0.0972. The molecule has 0 aromatic heterocycles. The second-order valence-corrected chi connectivity index (χ2v) is 0.338. The predicted molar refractivity (Wildman–Crippen MR) is 15.6 cm³/mol. The second-order valence-electron chi connectivity index (χ2n) is 0.338. The summed E-state index contributed by atoms with van der Waals surface area (Å²) in [6, 6.07) is 0. The Balaban J connectivity index is 1.97. The summed E-state index contributed by atoms with van der Waals surface area (Å²) in [5.41, 5.74) is 5.75. The Morgan fingerprint density at radius 3 is 2.25 bits per heavy atom. The van der Waals surface area contributed by atoms with Gasteiger partial charge < -0.3 is 5.64 Å². The fourth-order valence-corrected chi connectivity index (χ4v) is 0. The van der Waals surface area contributed by atoms with Crippen LogP contribution in [-0.4, -0.2) is 7.55 Å². The summed E-state index contributed by atoms with van der Waals surface area (Å²) in [6.07, 6.45) is 0. The summed E-state index contributed by atoms with van der Waals surface area (Å²) in [4.78, 5) is 0. The molecule has 4 heteroatoms. The van der Waals surface area contributed by atoms with Crippen molar-refractivity contribution in [1.82, 2.24) is 5.45 Å². The lowest BCUT2D eigenvalue weighted by atomic mass is 10.3. The van der Waals surface area contributed by atoms with Crippen LogP contribution in [0.2, 0.25) is 0 Å². The van der Waals surface area contributed by atoms with E-state index < -0.39 is 0 Å². The van der Waals surface area contributed by atoms with Crippen molar-refractivity contribution in [2.75, 3.05) is 0 Å². The van der Waals surface area contributed by atoms with Crippen molar-refractivity contribution in [2.45, 2.75) is 0 Å². The smallest absolute Gasteiger partial charge is 0.316 e. The van der Waals surface area contributed by atoms with Gasteiger partial charge in [0.25, 0.3) is 0 Å². The highest BCUT2D eigenvalue weighted by Crippen LogP contribution is 1.28. The largest absolute Gasteiger partial charge is 0.357 e. The number of halogens is 1. The molecule has 2 nitrogen and oxygen atoms in total. The Morgan fingerprint density at radius 1 is 2.00 bits per heavy atom. The van der Waals surface area contributed by atoms with E-state index in [1.807, 2.05) is 0 Å². The van der Waals surface area contributed by atoms with Crippen molar-refractivity contribution in [1.29, 1.82) is 0 Å². The van der Waals surface area contributed by atoms with Crippen molar-refractivity contribution < 1.29 is 4.48 Å². The maximum Gasteiger partial charge on any atom is 0.316 e. The Morgan fingerprint density at radius 2 is 2.25 bits per heavy atom. The molecule has 0 saturated carbocycles. The standard InChI is InChI=1S/BFH4N2/c2-4-1-3/h1,4H,3H2. The van der Waals surface area contributed by atoms with Crippen LogP contribution in [0.5, 0.6) is 0 Å². The van der Waals surface area contributed by atoms with Crippen molar-refractivity contribution in [3.63, 3.8) is 0 Å². The molecule has 0 saturated heterocycles. The van der Waals surface area contributed by atoms with Crippen LogP contribution < -0.4 is 11.1 Å². The van der Waals surface area contributed by atoms with E-state index in [0.29, 0.717) is 0 Å². The zero-order valence-corrected chi connectivity index (χ0v) is 2.16. The highest BCUT2D eigenvalue weighted by molar-refractivity contribution is 6.26. The monoisotopic (exact) mass is 62.0 g/mol. The first-order chi connectivity index (χ1) is 1.91. The maximum absolute atomic E-state index is 10.3. The van der Waals surface area contributed by atoms with Crippen molar-refractivity contribution in [3.8, 4) is 0 Å². The van der Waals surface area contributed by atoms with Crippen LogP contribution in [0, 0.1) is 0 Å². The molecule has 4 heavy (non-hydrogen) atoms. The van der Waals surface area contributed by atoms with E-state index in [9.17, 15) is 4.48 Å². The van der Waals surface area contributed by atoms with E-state index in [2.05, 4.69) is 5.64 Å². The van der Waals surface area contributed by atoms with Gasteiger partial charge in [-0.2, -0.15) is 5.45 Å². The van der Waals surface area contributed by atoms with E-state index in [1.165, 1.54) is 5.45 Å². The molecule has 0 radical (unpaired) electrons. The van der Waals surface area contributed by atoms with Crippen LogP contribution in [0.3, 0.4) is 0 Å². The van der Waals surface area contributed by atoms with Crippen molar-refractivity contribution >= 4 is 7.55 Å². The highest BCUT2D eigenvalue weighted by atomic mass is 19.2. The van der Waals surface area contributed by atoms with Gasteiger partial charge in [0.05, 0.1) is 0 Å². The predicted octanol–water partition coefficient (Wildman–Crippen LogP) is -1.31. The minimum Gasteiger partial charge on any atom is -0.357 e. The van der Waals surface area contributed by atoms with Gasteiger partial charge in [-0.25, -0.2) is 0 Å². The van der Waals surface area contributed by atoms with E-state index in [1.54, 1.807) is 0 Å². The SMILES string of the molecule is NBNF. The lowest BCUT2D eigenvalue weighted by molar-refractivity contribution is 0.448. The summed E-state index contributed by atoms with van der Waals surface area (Å²) in [5, 5.41) is 0. The van der Waals surface area contributed by atoms with Crippen LogP contribution in [0.15, 0.2) is 0 Å². The molecule has 0 unspecified atom stereocenters. The number of nitrogens with two attached hydrogens (primary N) is 1. The summed E-state index contributed by atoms with van der Waals surface area (Å²) < 4.78 is 10.3. The van der Waals surface area contributed by atoms with Gasteiger partial charge in [0.1, 0.15) is 0 Å². The van der Waals surface area contributed by atoms with Gasteiger partial charge >= 0.3 is 7.55 Å². The van der Waals surface area contributed by atoms with E-state index in [4.69, 9.17) is 0 Å². The third kappa shape index (κ3) is 1.91. The average Bonchev–Trinajstić information content (AvgIpc) is 1.37. The second kappa shape index (κ2) is 2.91. The van der Waals surface area contributed by atoms with Crippen LogP contribution in [0.1, 0.15) is 0 Å². The van der Waals surface area contributed by atoms with Gasteiger partial charge in [0, 0.05) is 0 Å². The lowest BCUT2D eigenvalue weighted by Gasteiger charge is -1.67. The fourth-order valence-electron chi connectivity index (χ4n) is 0. The summed E-state index contributed by atoms with van der Waals surface area (Å²) >= 11 is 0. The van der Waals surface area contributed by atoms with Crippen LogP contribution in [0.4, 0.5) is 4.48 Å². The molecule has 0 aliphatic rings. The van der Waals surface area contributed by atoms with Gasteiger partial charge in [0.15, 0.2) is 0 Å². The highest BCUT2D eigenvalue weighted by Gasteiger charge is 1.62. The number of nitrogens with one attached hydrogen (secondary N) is 1. The Bertz CT molecular complexity index is 8.00. The Kier molecular flexibility index (Phi) is 2.85. The van der Waals surface area contributed by atoms with Gasteiger partial charge in [-0.3, -0.25) is 0 Å². The zero-order chi connectivity index (χ0) is 3.41.